The summed E-state index contributed by atoms with van der Waals surface area (Å²) >= 11 is 0. The van der Waals surface area contributed by atoms with Gasteiger partial charge in [-0.05, 0) is 29.9 Å². The molecule has 104 valence electrons. The van der Waals surface area contributed by atoms with Crippen LogP contribution < -0.4 is 5.32 Å². The van der Waals surface area contributed by atoms with Gasteiger partial charge in [-0.1, -0.05) is 37.3 Å². The van der Waals surface area contributed by atoms with Gasteiger partial charge in [0, 0.05) is 23.7 Å². The number of nitrogens with zero attached hydrogens (tertiary/aromatic N) is 2. The molecule has 0 aliphatic carbocycles. The van der Waals surface area contributed by atoms with Crippen LogP contribution in [0.5, 0.6) is 0 Å². The maximum absolute atomic E-state index is 9.05. The van der Waals surface area contributed by atoms with Crippen molar-refractivity contribution in [2.45, 2.75) is 20.3 Å². The van der Waals surface area contributed by atoms with E-state index in [2.05, 4.69) is 30.4 Å². The summed E-state index contributed by atoms with van der Waals surface area (Å²) in [5, 5.41) is 23.6. The molecule has 0 unspecified atom stereocenters. The molecule has 0 saturated carbocycles. The second kappa shape index (κ2) is 6.11. The molecular formula is C18H17N3. The Labute approximate surface area is 125 Å². The van der Waals surface area contributed by atoms with E-state index in [4.69, 9.17) is 10.5 Å². The molecule has 0 bridgehead atoms. The zero-order valence-corrected chi connectivity index (χ0v) is 12.5. The third-order valence-corrected chi connectivity index (χ3v) is 3.75. The molecule has 0 fully saturated rings. The maximum Gasteiger partial charge on any atom is 0.133 e. The van der Waals surface area contributed by atoms with E-state index < -0.39 is 0 Å². The van der Waals surface area contributed by atoms with Crippen LogP contribution in [0, 0.1) is 22.7 Å². The number of nitriles is 2. The first-order valence-corrected chi connectivity index (χ1v) is 6.91. The first-order valence-electron chi connectivity index (χ1n) is 6.91. The average molecular weight is 275 g/mol. The van der Waals surface area contributed by atoms with Crippen molar-refractivity contribution in [1.29, 1.82) is 10.5 Å². The van der Waals surface area contributed by atoms with Gasteiger partial charge >= 0.3 is 0 Å². The summed E-state index contributed by atoms with van der Waals surface area (Å²) in [6.45, 7) is 3.94. The van der Waals surface area contributed by atoms with E-state index in [9.17, 15) is 0 Å². The summed E-state index contributed by atoms with van der Waals surface area (Å²) in [6.07, 6.45) is 0.999. The Balaban J connectivity index is 2.77. The molecule has 0 aliphatic heterocycles. The predicted octanol–water partition coefficient (Wildman–Crippen LogP) is 4.26. The van der Waals surface area contributed by atoms with Crippen molar-refractivity contribution in [3.63, 3.8) is 0 Å². The highest BCUT2D eigenvalue weighted by atomic mass is 14.8. The molecule has 1 N–H and O–H groups in total. The Morgan fingerprint density at radius 3 is 2.43 bits per heavy atom. The van der Waals surface area contributed by atoms with Gasteiger partial charge in [0.05, 0.1) is 0 Å². The van der Waals surface area contributed by atoms with E-state index in [0.29, 0.717) is 5.57 Å². The van der Waals surface area contributed by atoms with Crippen LogP contribution in [-0.2, 0) is 6.42 Å². The fraction of sp³-hybridized carbons (Fsp3) is 0.222. The lowest BCUT2D eigenvalue weighted by atomic mass is 9.95. The van der Waals surface area contributed by atoms with E-state index in [1.54, 1.807) is 0 Å². The summed E-state index contributed by atoms with van der Waals surface area (Å²) in [5.41, 5.74) is 3.99. The molecule has 0 aromatic heterocycles. The minimum absolute atomic E-state index is 0.149. The lowest BCUT2D eigenvalue weighted by Gasteiger charge is -2.14. The molecule has 2 aromatic carbocycles. The monoisotopic (exact) mass is 275 g/mol. The van der Waals surface area contributed by atoms with Crippen LogP contribution in [0.3, 0.4) is 0 Å². The van der Waals surface area contributed by atoms with Gasteiger partial charge in [-0.2, -0.15) is 10.5 Å². The molecule has 0 radical (unpaired) electrons. The van der Waals surface area contributed by atoms with E-state index in [1.165, 1.54) is 5.56 Å². The zero-order valence-electron chi connectivity index (χ0n) is 12.5. The van der Waals surface area contributed by atoms with Gasteiger partial charge in [-0.3, -0.25) is 0 Å². The smallest absolute Gasteiger partial charge is 0.133 e. The number of rotatable bonds is 3. The molecule has 0 atom stereocenters. The molecule has 0 spiro atoms. The summed E-state index contributed by atoms with van der Waals surface area (Å²) in [6, 6.07) is 14.3. The van der Waals surface area contributed by atoms with Gasteiger partial charge in [-0.25, -0.2) is 0 Å². The van der Waals surface area contributed by atoms with Crippen LogP contribution in [0.15, 0.2) is 35.9 Å². The number of fused-ring (bicyclic) bond motifs is 1. The number of aryl methyl sites for hydroxylation is 1. The van der Waals surface area contributed by atoms with E-state index >= 15 is 0 Å². The second-order valence-corrected chi connectivity index (χ2v) is 4.87. The Hall–Kier alpha value is -2.78. The Kier molecular flexibility index (Phi) is 4.26. The van der Waals surface area contributed by atoms with Crippen LogP contribution in [-0.4, -0.2) is 7.05 Å². The van der Waals surface area contributed by atoms with Gasteiger partial charge in [0.2, 0.25) is 0 Å². The lowest BCUT2D eigenvalue weighted by molar-refractivity contribution is 1.15. The van der Waals surface area contributed by atoms with Crippen LogP contribution in [0.1, 0.15) is 25.0 Å². The number of nitrogens with one attached hydrogen (secondary N) is 1. The molecule has 3 nitrogen and oxygen atoms in total. The highest BCUT2D eigenvalue weighted by Gasteiger charge is 2.11. The normalized spacial score (nSPS) is 9.76. The molecule has 0 heterocycles. The Morgan fingerprint density at radius 1 is 1.14 bits per heavy atom. The summed E-state index contributed by atoms with van der Waals surface area (Å²) in [7, 11) is 1.86. The van der Waals surface area contributed by atoms with Crippen LogP contribution in [0.4, 0.5) is 5.69 Å². The molecule has 3 heteroatoms. The number of hydrogen-bond acceptors (Lipinski definition) is 3. The van der Waals surface area contributed by atoms with Gasteiger partial charge in [0.25, 0.3) is 0 Å². The third kappa shape index (κ3) is 2.59. The Bertz CT molecular complexity index is 786. The predicted molar refractivity (Wildman–Crippen MR) is 86.7 cm³/mol. The maximum atomic E-state index is 9.05. The van der Waals surface area contributed by atoms with Gasteiger partial charge in [-0.15, -0.1) is 0 Å². The number of allylic oxidation sites excluding steroid dienone is 2. The quantitative estimate of drug-likeness (QED) is 0.851. The first-order chi connectivity index (χ1) is 10.2. The Morgan fingerprint density at radius 2 is 1.86 bits per heavy atom. The van der Waals surface area contributed by atoms with Crippen molar-refractivity contribution >= 4 is 22.0 Å². The SMILES string of the molecule is CCc1ccc2c(NC)c(C(C)=C(C#N)C#N)ccc2c1. The summed E-state index contributed by atoms with van der Waals surface area (Å²) < 4.78 is 0. The summed E-state index contributed by atoms with van der Waals surface area (Å²) in [4.78, 5) is 0. The zero-order chi connectivity index (χ0) is 15.4. The number of anilines is 1. The summed E-state index contributed by atoms with van der Waals surface area (Å²) in [5.74, 6) is 0. The number of hydrogen-bond donors (Lipinski definition) is 1. The van der Waals surface area contributed by atoms with Gasteiger partial charge < -0.3 is 5.32 Å². The van der Waals surface area contributed by atoms with Gasteiger partial charge in [0.15, 0.2) is 0 Å². The van der Waals surface area contributed by atoms with Crippen molar-refractivity contribution in [3.05, 3.63) is 47.0 Å². The van der Waals surface area contributed by atoms with E-state index in [1.807, 2.05) is 38.2 Å². The highest BCUT2D eigenvalue weighted by molar-refractivity contribution is 6.00. The fourth-order valence-electron chi connectivity index (χ4n) is 2.51. The second-order valence-electron chi connectivity index (χ2n) is 4.87. The topological polar surface area (TPSA) is 59.6 Å². The van der Waals surface area contributed by atoms with Crippen molar-refractivity contribution in [2.75, 3.05) is 12.4 Å². The highest BCUT2D eigenvalue weighted by Crippen LogP contribution is 2.33. The molecule has 0 amide bonds. The average Bonchev–Trinajstić information content (AvgIpc) is 2.53. The largest absolute Gasteiger partial charge is 0.387 e. The lowest BCUT2D eigenvalue weighted by Crippen LogP contribution is -1.97. The van der Waals surface area contributed by atoms with Crippen molar-refractivity contribution in [2.24, 2.45) is 0 Å². The molecule has 0 aliphatic rings. The molecule has 2 rings (SSSR count). The third-order valence-electron chi connectivity index (χ3n) is 3.75. The molecule has 2 aromatic rings. The van der Waals surface area contributed by atoms with Crippen LogP contribution in [0.25, 0.3) is 16.3 Å². The van der Waals surface area contributed by atoms with Crippen molar-refractivity contribution < 1.29 is 0 Å². The minimum Gasteiger partial charge on any atom is -0.387 e. The van der Waals surface area contributed by atoms with E-state index in [0.717, 1.165) is 28.4 Å². The molecular weight excluding hydrogens is 258 g/mol. The van der Waals surface area contributed by atoms with Crippen LogP contribution in [0.2, 0.25) is 0 Å². The van der Waals surface area contributed by atoms with Crippen molar-refractivity contribution in [1.82, 2.24) is 0 Å². The fourth-order valence-corrected chi connectivity index (χ4v) is 2.51. The minimum atomic E-state index is 0.149. The van der Waals surface area contributed by atoms with Crippen molar-refractivity contribution in [3.8, 4) is 12.1 Å². The number of benzene rings is 2. The van der Waals surface area contributed by atoms with E-state index in [-0.39, 0.29) is 5.57 Å². The molecule has 21 heavy (non-hydrogen) atoms. The standard InChI is InChI=1S/C18H17N3/c1-4-13-5-7-17-14(9-13)6-8-16(18(17)21-3)12(2)15(10-19)11-20/h5-9,21H,4H2,1-3H3. The van der Waals surface area contributed by atoms with Gasteiger partial charge in [0.1, 0.15) is 17.7 Å². The first kappa shape index (κ1) is 14.6. The van der Waals surface area contributed by atoms with Crippen LogP contribution >= 0.6 is 0 Å². The molecule has 0 saturated heterocycles.